The molecule has 1 aromatic carbocycles. The van der Waals surface area contributed by atoms with E-state index in [1.54, 1.807) is 26.0 Å². The Labute approximate surface area is 238 Å². The largest absolute Gasteiger partial charge is 0.508 e. The van der Waals surface area contributed by atoms with Crippen LogP contribution in [0.15, 0.2) is 36.9 Å². The van der Waals surface area contributed by atoms with Crippen molar-refractivity contribution >= 4 is 35.9 Å². The summed E-state index contributed by atoms with van der Waals surface area (Å²) in [6.07, 6.45) is 1.79. The fourth-order valence-electron chi connectivity index (χ4n) is 4.80. The number of hydrogen-bond acceptors (Lipinski definition) is 8. The molecule has 224 valence electrons. The summed E-state index contributed by atoms with van der Waals surface area (Å²) in [6, 6.07) is 1.53. The number of aromatic hydroxyl groups is 1. The maximum absolute atomic E-state index is 14.2. The van der Waals surface area contributed by atoms with E-state index in [4.69, 9.17) is 9.94 Å². The summed E-state index contributed by atoms with van der Waals surface area (Å²) >= 11 is 0. The third kappa shape index (κ3) is 8.95. The molecule has 0 aromatic heterocycles. The van der Waals surface area contributed by atoms with Gasteiger partial charge in [0.05, 0.1) is 12.5 Å². The van der Waals surface area contributed by atoms with Gasteiger partial charge in [-0.15, -0.1) is 11.2 Å². The number of carboxylic acids is 1. The van der Waals surface area contributed by atoms with Gasteiger partial charge < -0.3 is 31.0 Å². The Bertz CT molecular complexity index is 1140. The van der Waals surface area contributed by atoms with Crippen molar-refractivity contribution < 1.29 is 48.5 Å². The molecule has 1 fully saturated rings. The zero-order chi connectivity index (χ0) is 30.7. The first-order valence-electron chi connectivity index (χ1n) is 13.3. The van der Waals surface area contributed by atoms with Crippen molar-refractivity contribution in [1.29, 1.82) is 0 Å². The second-order valence-corrected chi connectivity index (χ2v) is 10.3. The molecule has 0 bridgehead atoms. The van der Waals surface area contributed by atoms with Gasteiger partial charge in [-0.1, -0.05) is 32.1 Å². The number of nitrogens with zero attached hydrogens (tertiary/aromatic N) is 1. The number of benzene rings is 1. The average Bonchev–Trinajstić information content (AvgIpc) is 3.35. The van der Waals surface area contributed by atoms with E-state index < -0.39 is 70.8 Å². The maximum atomic E-state index is 14.2. The normalized spacial score (nSPS) is 20.3. The number of rotatable bonds is 15. The Balaban J connectivity index is 2.37. The number of aldehydes is 1. The van der Waals surface area contributed by atoms with Crippen LogP contribution in [-0.4, -0.2) is 88.1 Å². The summed E-state index contributed by atoms with van der Waals surface area (Å²) in [5.41, 5.74) is 0.657. The first-order valence-corrected chi connectivity index (χ1v) is 13.3. The predicted octanol–water partition coefficient (Wildman–Crippen LogP) is 0.362. The third-order valence-electron chi connectivity index (χ3n) is 6.76. The van der Waals surface area contributed by atoms with Gasteiger partial charge in [0.2, 0.25) is 17.9 Å². The molecular weight excluding hydrogens is 536 g/mol. The van der Waals surface area contributed by atoms with Crippen molar-refractivity contribution in [3.8, 4) is 5.75 Å². The number of phenolic OH excluding ortho intramolecular Hbond substituents is 1. The van der Waals surface area contributed by atoms with Gasteiger partial charge in [-0.25, -0.2) is 4.79 Å². The smallest absolute Gasteiger partial charge is 0.369 e. The first-order chi connectivity index (χ1) is 19.3. The number of likely N-dealkylation sites (tertiary alicyclic amines) is 1. The standard InChI is InChI=1S/C28H38N4O9/c1-5-13-41-32(12-6-7-23(32)27(39)30-20(16-33)15-24(36)37)28(40)25(17(2)3)31-26(38)22(29-18(4)34)14-19-8-10-21(35)11-9-19/h5,8-11,16-17,20,22-23,25H,1,6-7,12-15H2,2-4H3,(H4-,29,30,31,34,35,36,37,38,39)/p+1/t20-,22?,23-,25?,32?/m0/s1. The highest BCUT2D eigenvalue weighted by Gasteiger charge is 2.57. The number of hydroxylamine groups is 3. The second kappa shape index (κ2) is 15.1. The molecular formula is C28H39N4O9+. The van der Waals surface area contributed by atoms with Crippen LogP contribution in [0.1, 0.15) is 45.6 Å². The highest BCUT2D eigenvalue weighted by Crippen LogP contribution is 2.31. The minimum atomic E-state index is -1.30. The van der Waals surface area contributed by atoms with Gasteiger partial charge in [-0.05, 0) is 23.6 Å². The molecule has 5 atom stereocenters. The third-order valence-corrected chi connectivity index (χ3v) is 6.76. The Morgan fingerprint density at radius 1 is 1.12 bits per heavy atom. The van der Waals surface area contributed by atoms with Crippen LogP contribution in [-0.2, 0) is 40.0 Å². The van der Waals surface area contributed by atoms with E-state index >= 15 is 0 Å². The molecule has 13 nitrogen and oxygen atoms in total. The van der Waals surface area contributed by atoms with E-state index in [2.05, 4.69) is 22.5 Å². The Morgan fingerprint density at radius 3 is 2.32 bits per heavy atom. The summed E-state index contributed by atoms with van der Waals surface area (Å²) in [7, 11) is 0. The van der Waals surface area contributed by atoms with Gasteiger partial charge in [0.1, 0.15) is 31.2 Å². The van der Waals surface area contributed by atoms with Crippen molar-refractivity contribution in [2.24, 2.45) is 5.92 Å². The molecule has 0 spiro atoms. The molecule has 4 amide bonds. The van der Waals surface area contributed by atoms with E-state index in [9.17, 15) is 33.9 Å². The molecule has 1 aliphatic rings. The van der Waals surface area contributed by atoms with Crippen LogP contribution in [0.3, 0.4) is 0 Å². The number of nitrogens with one attached hydrogen (secondary N) is 3. The highest BCUT2D eigenvalue weighted by atomic mass is 16.7. The van der Waals surface area contributed by atoms with Crippen LogP contribution in [0.5, 0.6) is 5.75 Å². The minimum Gasteiger partial charge on any atom is -0.508 e. The molecule has 41 heavy (non-hydrogen) atoms. The molecule has 1 aromatic rings. The lowest BCUT2D eigenvalue weighted by Gasteiger charge is -2.37. The molecule has 0 radical (unpaired) electrons. The number of carbonyl (C=O) groups is 6. The van der Waals surface area contributed by atoms with Crippen LogP contribution in [0.2, 0.25) is 0 Å². The molecule has 3 unspecified atom stereocenters. The number of aliphatic carboxylic acids is 1. The van der Waals surface area contributed by atoms with Gasteiger partial charge in [0.15, 0.2) is 6.04 Å². The summed E-state index contributed by atoms with van der Waals surface area (Å²) in [5.74, 6) is -4.13. The molecule has 5 N–H and O–H groups in total. The number of carbonyl (C=O) groups excluding carboxylic acids is 5. The minimum absolute atomic E-state index is 0.0416. The quantitative estimate of drug-likeness (QED) is 0.112. The van der Waals surface area contributed by atoms with Crippen molar-refractivity contribution in [2.75, 3.05) is 13.2 Å². The van der Waals surface area contributed by atoms with Gasteiger partial charge in [-0.2, -0.15) is 4.84 Å². The zero-order valence-electron chi connectivity index (χ0n) is 23.5. The molecule has 2 rings (SSSR count). The van der Waals surface area contributed by atoms with Crippen LogP contribution >= 0.6 is 0 Å². The highest BCUT2D eigenvalue weighted by molar-refractivity contribution is 5.92. The van der Waals surface area contributed by atoms with E-state index in [-0.39, 0.29) is 31.7 Å². The van der Waals surface area contributed by atoms with E-state index in [0.29, 0.717) is 18.3 Å². The van der Waals surface area contributed by atoms with Crippen LogP contribution in [0, 0.1) is 5.92 Å². The van der Waals surface area contributed by atoms with Crippen LogP contribution in [0.25, 0.3) is 0 Å². The lowest BCUT2D eigenvalue weighted by Crippen LogP contribution is -2.67. The van der Waals surface area contributed by atoms with E-state index in [0.717, 1.165) is 0 Å². The fourth-order valence-corrected chi connectivity index (χ4v) is 4.80. The monoisotopic (exact) mass is 575 g/mol. The van der Waals surface area contributed by atoms with Crippen molar-refractivity contribution in [3.63, 3.8) is 0 Å². The first kappa shape index (κ1) is 33.1. The second-order valence-electron chi connectivity index (χ2n) is 10.3. The van der Waals surface area contributed by atoms with Crippen molar-refractivity contribution in [1.82, 2.24) is 16.0 Å². The average molecular weight is 576 g/mol. The molecule has 1 aliphatic heterocycles. The summed E-state index contributed by atoms with van der Waals surface area (Å²) < 4.78 is -0.789. The lowest BCUT2D eigenvalue weighted by molar-refractivity contribution is -1.05. The molecule has 1 heterocycles. The number of amides is 4. The van der Waals surface area contributed by atoms with Crippen molar-refractivity contribution in [2.45, 2.75) is 70.6 Å². The summed E-state index contributed by atoms with van der Waals surface area (Å²) in [5, 5.41) is 26.3. The van der Waals surface area contributed by atoms with Crippen LogP contribution < -0.4 is 16.0 Å². The van der Waals surface area contributed by atoms with Gasteiger partial charge >= 0.3 is 11.9 Å². The van der Waals surface area contributed by atoms with E-state index in [1.807, 2.05) is 0 Å². The lowest BCUT2D eigenvalue weighted by atomic mass is 9.99. The molecule has 13 heteroatoms. The SMILES string of the molecule is C=CCO[N+]1(C(=O)C(NC(=O)C(Cc2ccc(O)cc2)NC(C)=O)C(C)C)CCC[C@H]1C(=O)N[C@H](C=O)CC(=O)O. The Hall–Kier alpha value is -4.10. The number of hydrogen-bond donors (Lipinski definition) is 5. The molecule has 0 aliphatic carbocycles. The zero-order valence-corrected chi connectivity index (χ0v) is 23.5. The van der Waals surface area contributed by atoms with Crippen LogP contribution in [0.4, 0.5) is 0 Å². The predicted molar refractivity (Wildman–Crippen MR) is 146 cm³/mol. The van der Waals surface area contributed by atoms with E-state index in [1.165, 1.54) is 25.1 Å². The van der Waals surface area contributed by atoms with Gasteiger partial charge in [0, 0.05) is 26.2 Å². The Morgan fingerprint density at radius 2 is 1.78 bits per heavy atom. The number of carboxylic acid groups (broad SMARTS) is 1. The molecule has 1 saturated heterocycles. The van der Waals surface area contributed by atoms with Gasteiger partial charge in [0.25, 0.3) is 5.91 Å². The summed E-state index contributed by atoms with van der Waals surface area (Å²) in [6.45, 7) is 8.29. The number of phenols is 1. The number of quaternary nitrogens is 1. The van der Waals surface area contributed by atoms with Gasteiger partial charge in [-0.3, -0.25) is 19.2 Å². The Kier molecular flexibility index (Phi) is 12.2. The molecule has 0 saturated carbocycles. The summed E-state index contributed by atoms with van der Waals surface area (Å²) in [4.78, 5) is 81.2. The fraction of sp³-hybridized carbons (Fsp3) is 0.500. The maximum Gasteiger partial charge on any atom is 0.369 e. The topological polar surface area (TPSA) is 188 Å². The van der Waals surface area contributed by atoms with Crippen molar-refractivity contribution in [3.05, 3.63) is 42.5 Å².